The lowest BCUT2D eigenvalue weighted by atomic mass is 10.1. The Bertz CT molecular complexity index is 504. The summed E-state index contributed by atoms with van der Waals surface area (Å²) in [7, 11) is -2.82. The highest BCUT2D eigenvalue weighted by atomic mass is 32.2. The van der Waals surface area contributed by atoms with Gasteiger partial charge in [-0.3, -0.25) is 4.79 Å². The van der Waals surface area contributed by atoms with Gasteiger partial charge in [-0.2, -0.15) is 0 Å². The highest BCUT2D eigenvalue weighted by Gasteiger charge is 2.28. The number of aromatic nitrogens is 1. The minimum Gasteiger partial charge on any atom is -0.293 e. The summed E-state index contributed by atoms with van der Waals surface area (Å²) in [6, 6.07) is 0. The summed E-state index contributed by atoms with van der Waals surface area (Å²) in [6.45, 7) is 1.48. The van der Waals surface area contributed by atoms with Crippen LogP contribution in [0.5, 0.6) is 0 Å². The van der Waals surface area contributed by atoms with E-state index in [0.29, 0.717) is 17.9 Å². The SMILES string of the molecule is CC(=O)c1csc(CC2CCS(=O)(=O)C2)n1. The molecule has 16 heavy (non-hydrogen) atoms. The van der Waals surface area contributed by atoms with E-state index in [2.05, 4.69) is 4.98 Å². The first-order valence-electron chi connectivity index (χ1n) is 5.12. The van der Waals surface area contributed by atoms with Crippen molar-refractivity contribution in [3.63, 3.8) is 0 Å². The standard InChI is InChI=1S/C10H13NO3S2/c1-7(12)9-5-15-10(11-9)4-8-2-3-16(13,14)6-8/h5,8H,2-4,6H2,1H3. The lowest BCUT2D eigenvalue weighted by Gasteiger charge is -2.02. The predicted molar refractivity (Wildman–Crippen MR) is 62.6 cm³/mol. The van der Waals surface area contributed by atoms with Crippen molar-refractivity contribution in [3.05, 3.63) is 16.1 Å². The van der Waals surface area contributed by atoms with E-state index in [0.717, 1.165) is 11.4 Å². The highest BCUT2D eigenvalue weighted by Crippen LogP contribution is 2.24. The summed E-state index contributed by atoms with van der Waals surface area (Å²) in [5, 5.41) is 2.61. The molecule has 1 aliphatic rings. The second-order valence-electron chi connectivity index (χ2n) is 4.16. The van der Waals surface area contributed by atoms with Crippen LogP contribution in [0.3, 0.4) is 0 Å². The number of sulfone groups is 1. The van der Waals surface area contributed by atoms with Crippen molar-refractivity contribution in [1.82, 2.24) is 4.98 Å². The van der Waals surface area contributed by atoms with Crippen LogP contribution in [0.4, 0.5) is 0 Å². The zero-order chi connectivity index (χ0) is 11.8. The third-order valence-electron chi connectivity index (χ3n) is 2.70. The number of carbonyl (C=O) groups is 1. The molecular weight excluding hydrogens is 246 g/mol. The largest absolute Gasteiger partial charge is 0.293 e. The average Bonchev–Trinajstić information content (AvgIpc) is 2.73. The molecule has 1 aromatic heterocycles. The molecule has 1 fully saturated rings. The smallest absolute Gasteiger partial charge is 0.178 e. The van der Waals surface area contributed by atoms with Crippen LogP contribution in [0.25, 0.3) is 0 Å². The van der Waals surface area contributed by atoms with Crippen molar-refractivity contribution >= 4 is 27.0 Å². The molecule has 0 bridgehead atoms. The van der Waals surface area contributed by atoms with Crippen LogP contribution in [-0.4, -0.2) is 30.7 Å². The Kier molecular flexibility index (Phi) is 3.12. The Morgan fingerprint density at radius 3 is 2.88 bits per heavy atom. The first kappa shape index (κ1) is 11.7. The minimum atomic E-state index is -2.82. The molecule has 1 aliphatic heterocycles. The summed E-state index contributed by atoms with van der Waals surface area (Å²) in [4.78, 5) is 15.2. The van der Waals surface area contributed by atoms with Gasteiger partial charge in [0.15, 0.2) is 15.6 Å². The maximum atomic E-state index is 11.3. The molecule has 1 aromatic rings. The molecular formula is C10H13NO3S2. The summed E-state index contributed by atoms with van der Waals surface area (Å²) in [6.07, 6.45) is 1.40. The third-order valence-corrected chi connectivity index (χ3v) is 5.41. The fourth-order valence-corrected chi connectivity index (χ4v) is 4.66. The van der Waals surface area contributed by atoms with E-state index in [1.165, 1.54) is 18.3 Å². The fourth-order valence-electron chi connectivity index (χ4n) is 1.85. The van der Waals surface area contributed by atoms with E-state index in [1.54, 1.807) is 5.38 Å². The van der Waals surface area contributed by atoms with E-state index >= 15 is 0 Å². The van der Waals surface area contributed by atoms with Crippen molar-refractivity contribution in [2.24, 2.45) is 5.92 Å². The number of hydrogen-bond acceptors (Lipinski definition) is 5. The first-order chi connectivity index (χ1) is 7.46. The number of thiazole rings is 1. The number of carbonyl (C=O) groups excluding carboxylic acids is 1. The number of ketones is 1. The highest BCUT2D eigenvalue weighted by molar-refractivity contribution is 7.91. The van der Waals surface area contributed by atoms with E-state index < -0.39 is 9.84 Å². The van der Waals surface area contributed by atoms with Crippen molar-refractivity contribution in [3.8, 4) is 0 Å². The van der Waals surface area contributed by atoms with Crippen LogP contribution in [0.2, 0.25) is 0 Å². The summed E-state index contributed by atoms with van der Waals surface area (Å²) in [5.41, 5.74) is 0.487. The number of nitrogens with zero attached hydrogens (tertiary/aromatic N) is 1. The first-order valence-corrected chi connectivity index (χ1v) is 7.82. The second-order valence-corrected chi connectivity index (χ2v) is 7.33. The Morgan fingerprint density at radius 2 is 2.38 bits per heavy atom. The molecule has 0 N–H and O–H groups in total. The second kappa shape index (κ2) is 4.25. The normalized spacial score (nSPS) is 23.4. The van der Waals surface area contributed by atoms with E-state index in [4.69, 9.17) is 0 Å². The van der Waals surface area contributed by atoms with E-state index in [-0.39, 0.29) is 17.5 Å². The molecule has 88 valence electrons. The molecule has 0 spiro atoms. The van der Waals surface area contributed by atoms with Gasteiger partial charge in [-0.15, -0.1) is 11.3 Å². The molecule has 0 aromatic carbocycles. The lowest BCUT2D eigenvalue weighted by Crippen LogP contribution is -2.07. The van der Waals surface area contributed by atoms with Gasteiger partial charge in [-0.05, 0) is 12.3 Å². The van der Waals surface area contributed by atoms with Gasteiger partial charge in [0, 0.05) is 18.7 Å². The van der Waals surface area contributed by atoms with Crippen molar-refractivity contribution < 1.29 is 13.2 Å². The summed E-state index contributed by atoms with van der Waals surface area (Å²) >= 11 is 1.44. The van der Waals surface area contributed by atoms with Crippen LogP contribution >= 0.6 is 11.3 Å². The van der Waals surface area contributed by atoms with E-state index in [1.807, 2.05) is 0 Å². The lowest BCUT2D eigenvalue weighted by molar-refractivity contribution is 0.101. The molecule has 2 heterocycles. The van der Waals surface area contributed by atoms with Crippen LogP contribution in [0.1, 0.15) is 28.8 Å². The molecule has 0 amide bonds. The molecule has 2 rings (SSSR count). The molecule has 0 saturated carbocycles. The Morgan fingerprint density at radius 1 is 1.62 bits per heavy atom. The van der Waals surface area contributed by atoms with Crippen LogP contribution < -0.4 is 0 Å². The monoisotopic (exact) mass is 259 g/mol. The molecule has 1 atom stereocenters. The van der Waals surface area contributed by atoms with Crippen LogP contribution in [0.15, 0.2) is 5.38 Å². The fraction of sp³-hybridized carbons (Fsp3) is 0.600. The van der Waals surface area contributed by atoms with Crippen LogP contribution in [-0.2, 0) is 16.3 Å². The molecule has 0 radical (unpaired) electrons. The van der Waals surface area contributed by atoms with Gasteiger partial charge < -0.3 is 0 Å². The maximum absolute atomic E-state index is 11.3. The van der Waals surface area contributed by atoms with Crippen molar-refractivity contribution in [2.75, 3.05) is 11.5 Å². The summed E-state index contributed by atoms with van der Waals surface area (Å²) in [5.74, 6) is 0.697. The van der Waals surface area contributed by atoms with Gasteiger partial charge in [0.1, 0.15) is 5.69 Å². The van der Waals surface area contributed by atoms with Crippen molar-refractivity contribution in [1.29, 1.82) is 0 Å². The zero-order valence-corrected chi connectivity index (χ0v) is 10.6. The Labute approximate surface area is 98.6 Å². The van der Waals surface area contributed by atoms with Gasteiger partial charge in [0.25, 0.3) is 0 Å². The summed E-state index contributed by atoms with van der Waals surface area (Å²) < 4.78 is 22.5. The molecule has 1 unspecified atom stereocenters. The van der Waals surface area contributed by atoms with Gasteiger partial charge in [0.05, 0.1) is 16.5 Å². The van der Waals surface area contributed by atoms with Crippen molar-refractivity contribution in [2.45, 2.75) is 19.8 Å². The maximum Gasteiger partial charge on any atom is 0.178 e. The van der Waals surface area contributed by atoms with Crippen LogP contribution in [0, 0.1) is 5.92 Å². The topological polar surface area (TPSA) is 64.1 Å². The molecule has 6 heteroatoms. The number of Topliss-reactive ketones (excluding diaryl/α,β-unsaturated/α-hetero) is 1. The number of rotatable bonds is 3. The minimum absolute atomic E-state index is 0.0402. The van der Waals surface area contributed by atoms with Gasteiger partial charge in [0.2, 0.25) is 0 Å². The van der Waals surface area contributed by atoms with Gasteiger partial charge >= 0.3 is 0 Å². The molecule has 0 aliphatic carbocycles. The van der Waals surface area contributed by atoms with Gasteiger partial charge in [-0.25, -0.2) is 13.4 Å². The Hall–Kier alpha value is -0.750. The van der Waals surface area contributed by atoms with E-state index in [9.17, 15) is 13.2 Å². The average molecular weight is 259 g/mol. The third kappa shape index (κ3) is 2.68. The zero-order valence-electron chi connectivity index (χ0n) is 8.97. The molecule has 1 saturated heterocycles. The molecule has 4 nitrogen and oxygen atoms in total. The quantitative estimate of drug-likeness (QED) is 0.768. The number of hydrogen-bond donors (Lipinski definition) is 0. The van der Waals surface area contributed by atoms with Gasteiger partial charge in [-0.1, -0.05) is 0 Å². The Balaban J connectivity index is 2.02. The predicted octanol–water partition coefficient (Wildman–Crippen LogP) is 1.32.